The molecule has 1 aliphatic carbocycles. The first-order valence-corrected chi connectivity index (χ1v) is 6.80. The van der Waals surface area contributed by atoms with E-state index in [1.165, 1.54) is 12.5 Å². The molecule has 2 atom stereocenters. The maximum absolute atomic E-state index is 13.7. The largest absolute Gasteiger partial charge is 0.489 e. The highest BCUT2D eigenvalue weighted by molar-refractivity contribution is 6.32. The summed E-state index contributed by atoms with van der Waals surface area (Å²) in [4.78, 5) is 11.0. The molecule has 5 heteroatoms. The van der Waals surface area contributed by atoms with E-state index in [2.05, 4.69) is 6.92 Å². The van der Waals surface area contributed by atoms with Crippen LogP contribution in [0, 0.1) is 11.7 Å². The van der Waals surface area contributed by atoms with Crippen molar-refractivity contribution >= 4 is 17.5 Å². The number of carbonyl (C=O) groups excluding carboxylic acids is 1. The molecule has 0 heterocycles. The molecule has 2 N–H and O–H groups in total. The van der Waals surface area contributed by atoms with Crippen molar-refractivity contribution in [3.05, 3.63) is 28.5 Å². The van der Waals surface area contributed by atoms with E-state index in [9.17, 15) is 9.18 Å². The Balaban J connectivity index is 2.16. The van der Waals surface area contributed by atoms with Crippen LogP contribution in [0.25, 0.3) is 0 Å². The molecule has 3 nitrogen and oxygen atoms in total. The van der Waals surface area contributed by atoms with Gasteiger partial charge < -0.3 is 10.5 Å². The summed E-state index contributed by atoms with van der Waals surface area (Å²) in [6.07, 6.45) is 4.24. The third-order valence-corrected chi connectivity index (χ3v) is 3.76. The molecule has 0 saturated heterocycles. The summed E-state index contributed by atoms with van der Waals surface area (Å²) < 4.78 is 19.4. The SMILES string of the molecule is C[C@H]1CCC[C@H](Oc2cc(F)c(C(N)=O)cc2Cl)C1. The summed E-state index contributed by atoms with van der Waals surface area (Å²) in [6, 6.07) is 2.36. The maximum atomic E-state index is 13.7. The summed E-state index contributed by atoms with van der Waals surface area (Å²) in [5, 5.41) is 0.216. The molecule has 0 unspecified atom stereocenters. The number of nitrogens with two attached hydrogens (primary N) is 1. The van der Waals surface area contributed by atoms with Gasteiger partial charge >= 0.3 is 0 Å². The minimum atomic E-state index is -0.836. The van der Waals surface area contributed by atoms with E-state index >= 15 is 0 Å². The highest BCUT2D eigenvalue weighted by Crippen LogP contribution is 2.32. The lowest BCUT2D eigenvalue weighted by Crippen LogP contribution is -2.24. The number of primary amides is 1. The summed E-state index contributed by atoms with van der Waals surface area (Å²) in [5.74, 6) is -0.650. The van der Waals surface area contributed by atoms with E-state index in [1.807, 2.05) is 0 Å². The molecule has 1 aliphatic rings. The van der Waals surface area contributed by atoms with Crippen LogP contribution in [0.3, 0.4) is 0 Å². The van der Waals surface area contributed by atoms with Gasteiger partial charge in [-0.3, -0.25) is 4.79 Å². The Hall–Kier alpha value is -1.29. The minimum Gasteiger partial charge on any atom is -0.489 e. The van der Waals surface area contributed by atoms with Crippen LogP contribution in [0.5, 0.6) is 5.75 Å². The van der Waals surface area contributed by atoms with Gasteiger partial charge in [0.05, 0.1) is 16.7 Å². The summed E-state index contributed by atoms with van der Waals surface area (Å²) in [5.41, 5.74) is 4.84. The molecule has 1 aromatic carbocycles. The normalized spacial score (nSPS) is 23.1. The Bertz CT molecular complexity index is 493. The smallest absolute Gasteiger partial charge is 0.251 e. The van der Waals surface area contributed by atoms with Gasteiger partial charge in [-0.15, -0.1) is 0 Å². The van der Waals surface area contributed by atoms with Crippen LogP contribution in [-0.2, 0) is 0 Å². The third-order valence-electron chi connectivity index (χ3n) is 3.47. The van der Waals surface area contributed by atoms with Gasteiger partial charge in [0.25, 0.3) is 5.91 Å². The Labute approximate surface area is 116 Å². The number of amides is 1. The van der Waals surface area contributed by atoms with Crippen molar-refractivity contribution in [3.8, 4) is 5.75 Å². The Kier molecular flexibility index (Phi) is 4.30. The standard InChI is InChI=1S/C14H17ClFNO2/c1-8-3-2-4-9(5-8)19-13-7-12(16)10(14(17)18)6-11(13)15/h6-9H,2-5H2,1H3,(H2,17,18)/t8-,9-/m0/s1. The van der Waals surface area contributed by atoms with Crippen LogP contribution in [0.1, 0.15) is 43.0 Å². The second-order valence-electron chi connectivity index (χ2n) is 5.14. The average molecular weight is 286 g/mol. The van der Waals surface area contributed by atoms with Crippen molar-refractivity contribution in [2.45, 2.75) is 38.7 Å². The number of halogens is 2. The Morgan fingerprint density at radius 1 is 1.47 bits per heavy atom. The first kappa shape index (κ1) is 14.1. The van der Waals surface area contributed by atoms with Gasteiger partial charge in [-0.25, -0.2) is 4.39 Å². The van der Waals surface area contributed by atoms with E-state index in [-0.39, 0.29) is 22.4 Å². The quantitative estimate of drug-likeness (QED) is 0.923. The number of carbonyl (C=O) groups is 1. The van der Waals surface area contributed by atoms with Crippen LogP contribution in [0.4, 0.5) is 4.39 Å². The summed E-state index contributed by atoms with van der Waals surface area (Å²) in [6.45, 7) is 2.17. The second-order valence-corrected chi connectivity index (χ2v) is 5.55. The fourth-order valence-electron chi connectivity index (χ4n) is 2.47. The van der Waals surface area contributed by atoms with Crippen molar-refractivity contribution in [1.82, 2.24) is 0 Å². The van der Waals surface area contributed by atoms with Crippen LogP contribution >= 0.6 is 11.6 Å². The van der Waals surface area contributed by atoms with E-state index < -0.39 is 11.7 Å². The van der Waals surface area contributed by atoms with E-state index in [0.29, 0.717) is 5.92 Å². The fraction of sp³-hybridized carbons (Fsp3) is 0.500. The zero-order chi connectivity index (χ0) is 14.0. The number of benzene rings is 1. The van der Waals surface area contributed by atoms with Gasteiger partial charge in [0.1, 0.15) is 11.6 Å². The minimum absolute atomic E-state index is 0.0556. The molecule has 19 heavy (non-hydrogen) atoms. The van der Waals surface area contributed by atoms with E-state index in [1.54, 1.807) is 0 Å². The van der Waals surface area contributed by atoms with Crippen molar-refractivity contribution in [2.75, 3.05) is 0 Å². The fourth-order valence-corrected chi connectivity index (χ4v) is 2.68. The monoisotopic (exact) mass is 285 g/mol. The van der Waals surface area contributed by atoms with Crippen molar-refractivity contribution in [3.63, 3.8) is 0 Å². The number of hydrogen-bond donors (Lipinski definition) is 1. The predicted molar refractivity (Wildman–Crippen MR) is 72.0 cm³/mol. The second kappa shape index (κ2) is 5.78. The molecule has 0 radical (unpaired) electrons. The lowest BCUT2D eigenvalue weighted by atomic mass is 9.89. The Morgan fingerprint density at radius 2 is 2.21 bits per heavy atom. The van der Waals surface area contributed by atoms with Gasteiger partial charge in [0.15, 0.2) is 0 Å². The molecule has 0 spiro atoms. The van der Waals surface area contributed by atoms with Crippen molar-refractivity contribution in [2.24, 2.45) is 11.7 Å². The molecular formula is C14H17ClFNO2. The first-order chi connectivity index (χ1) is 8.97. The van der Waals surface area contributed by atoms with Gasteiger partial charge in [-0.05, 0) is 31.2 Å². The van der Waals surface area contributed by atoms with Crippen LogP contribution in [0.2, 0.25) is 5.02 Å². The molecule has 0 aromatic heterocycles. The molecule has 1 aromatic rings. The molecule has 1 fully saturated rings. The lowest BCUT2D eigenvalue weighted by Gasteiger charge is -2.27. The molecule has 0 bridgehead atoms. The molecule has 0 aliphatic heterocycles. The van der Waals surface area contributed by atoms with Crippen LogP contribution < -0.4 is 10.5 Å². The molecular weight excluding hydrogens is 269 g/mol. The zero-order valence-corrected chi connectivity index (χ0v) is 11.5. The lowest BCUT2D eigenvalue weighted by molar-refractivity contribution is 0.0996. The topological polar surface area (TPSA) is 52.3 Å². The highest BCUT2D eigenvalue weighted by Gasteiger charge is 2.22. The van der Waals surface area contributed by atoms with Crippen molar-refractivity contribution in [1.29, 1.82) is 0 Å². The van der Waals surface area contributed by atoms with Gasteiger partial charge in [-0.2, -0.15) is 0 Å². The highest BCUT2D eigenvalue weighted by atomic mass is 35.5. The van der Waals surface area contributed by atoms with Gasteiger partial charge in [0, 0.05) is 6.07 Å². The third kappa shape index (κ3) is 3.38. The molecule has 1 saturated carbocycles. The zero-order valence-electron chi connectivity index (χ0n) is 10.8. The average Bonchev–Trinajstić information content (AvgIpc) is 2.33. The van der Waals surface area contributed by atoms with Crippen LogP contribution in [-0.4, -0.2) is 12.0 Å². The van der Waals surface area contributed by atoms with Gasteiger partial charge in [0.2, 0.25) is 0 Å². The number of ether oxygens (including phenoxy) is 1. The van der Waals surface area contributed by atoms with Gasteiger partial charge in [-0.1, -0.05) is 24.9 Å². The Morgan fingerprint density at radius 3 is 2.84 bits per heavy atom. The predicted octanol–water partition coefficient (Wildman–Crippen LogP) is 3.54. The van der Waals surface area contributed by atoms with E-state index in [4.69, 9.17) is 22.1 Å². The first-order valence-electron chi connectivity index (χ1n) is 6.43. The van der Waals surface area contributed by atoms with Crippen LogP contribution in [0.15, 0.2) is 12.1 Å². The number of hydrogen-bond acceptors (Lipinski definition) is 2. The molecule has 104 valence electrons. The van der Waals surface area contributed by atoms with Crippen molar-refractivity contribution < 1.29 is 13.9 Å². The molecule has 1 amide bonds. The molecule has 2 rings (SSSR count). The summed E-state index contributed by atoms with van der Waals surface area (Å²) >= 11 is 6.00. The number of rotatable bonds is 3. The summed E-state index contributed by atoms with van der Waals surface area (Å²) in [7, 11) is 0. The van der Waals surface area contributed by atoms with E-state index in [0.717, 1.165) is 25.3 Å². The maximum Gasteiger partial charge on any atom is 0.251 e.